The highest BCUT2D eigenvalue weighted by Gasteiger charge is 2.19. The first kappa shape index (κ1) is 9.22. The van der Waals surface area contributed by atoms with Crippen LogP contribution in [-0.2, 0) is 0 Å². The minimum absolute atomic E-state index is 0.0324. The second kappa shape index (κ2) is 3.25. The monoisotopic (exact) mass is 168 g/mol. The van der Waals surface area contributed by atoms with E-state index in [1.54, 1.807) is 26.0 Å². The van der Waals surface area contributed by atoms with Gasteiger partial charge in [-0.1, -0.05) is 12.1 Å². The van der Waals surface area contributed by atoms with Crippen LogP contribution in [0, 0.1) is 19.7 Å². The molecule has 0 aliphatic carbocycles. The third kappa shape index (κ3) is 1.49. The number of benzene rings is 1. The van der Waals surface area contributed by atoms with Crippen molar-refractivity contribution in [3.8, 4) is 0 Å². The van der Waals surface area contributed by atoms with Crippen LogP contribution in [-0.4, -0.2) is 17.2 Å². The fourth-order valence-electron chi connectivity index (χ4n) is 1.12. The smallest absolute Gasteiger partial charge is 0.423 e. The molecule has 2 nitrogen and oxygen atoms in total. The average Bonchev–Trinajstić information content (AvgIpc) is 1.97. The SMILES string of the molecule is Cc1ccc(C)c(B(O)O)c1F. The summed E-state index contributed by atoms with van der Waals surface area (Å²) in [6, 6.07) is 3.27. The van der Waals surface area contributed by atoms with Gasteiger partial charge in [-0.05, 0) is 25.0 Å². The maximum Gasteiger partial charge on any atom is 0.491 e. The molecule has 0 heterocycles. The lowest BCUT2D eigenvalue weighted by Crippen LogP contribution is -2.35. The first-order valence-electron chi connectivity index (χ1n) is 3.65. The highest BCUT2D eigenvalue weighted by molar-refractivity contribution is 6.59. The number of rotatable bonds is 1. The van der Waals surface area contributed by atoms with Crippen LogP contribution in [0.25, 0.3) is 0 Å². The van der Waals surface area contributed by atoms with Gasteiger partial charge in [0.05, 0.1) is 0 Å². The molecule has 0 aromatic heterocycles. The average molecular weight is 168 g/mol. The Bertz CT molecular complexity index is 299. The highest BCUT2D eigenvalue weighted by Crippen LogP contribution is 2.06. The van der Waals surface area contributed by atoms with Gasteiger partial charge in [0.2, 0.25) is 0 Å². The molecule has 0 saturated carbocycles. The van der Waals surface area contributed by atoms with Gasteiger partial charge in [0, 0.05) is 5.46 Å². The molecule has 2 N–H and O–H groups in total. The van der Waals surface area contributed by atoms with E-state index in [4.69, 9.17) is 10.0 Å². The molecule has 4 heteroatoms. The van der Waals surface area contributed by atoms with Gasteiger partial charge in [0.1, 0.15) is 5.82 Å². The number of aryl methyl sites for hydroxylation is 2. The summed E-state index contributed by atoms with van der Waals surface area (Å²) in [5.41, 5.74) is 0.937. The molecule has 1 aromatic rings. The lowest BCUT2D eigenvalue weighted by molar-refractivity contribution is 0.422. The van der Waals surface area contributed by atoms with E-state index in [2.05, 4.69) is 0 Å². The van der Waals surface area contributed by atoms with Crippen molar-refractivity contribution < 1.29 is 14.4 Å². The van der Waals surface area contributed by atoms with Gasteiger partial charge in [0.25, 0.3) is 0 Å². The summed E-state index contributed by atoms with van der Waals surface area (Å²) in [6.07, 6.45) is 0. The Labute approximate surface area is 70.8 Å². The third-order valence-electron chi connectivity index (χ3n) is 1.85. The van der Waals surface area contributed by atoms with Gasteiger partial charge >= 0.3 is 7.12 Å². The largest absolute Gasteiger partial charge is 0.491 e. The fraction of sp³-hybridized carbons (Fsp3) is 0.250. The molecule has 1 aromatic carbocycles. The maximum absolute atomic E-state index is 13.2. The Morgan fingerprint density at radius 3 is 2.08 bits per heavy atom. The molecule has 0 fully saturated rings. The number of hydrogen-bond donors (Lipinski definition) is 2. The van der Waals surface area contributed by atoms with E-state index in [9.17, 15) is 4.39 Å². The van der Waals surface area contributed by atoms with E-state index in [-0.39, 0.29) is 5.46 Å². The number of hydrogen-bond acceptors (Lipinski definition) is 2. The fourth-order valence-corrected chi connectivity index (χ4v) is 1.12. The molecule has 12 heavy (non-hydrogen) atoms. The second-order valence-electron chi connectivity index (χ2n) is 2.80. The van der Waals surface area contributed by atoms with Crippen molar-refractivity contribution in [2.45, 2.75) is 13.8 Å². The zero-order valence-electron chi connectivity index (χ0n) is 7.00. The molecule has 0 atom stereocenters. The first-order chi connectivity index (χ1) is 5.54. The van der Waals surface area contributed by atoms with E-state index in [1.807, 2.05) is 0 Å². The van der Waals surface area contributed by atoms with E-state index in [0.717, 1.165) is 0 Å². The lowest BCUT2D eigenvalue weighted by Gasteiger charge is -2.07. The quantitative estimate of drug-likeness (QED) is 0.584. The van der Waals surface area contributed by atoms with E-state index < -0.39 is 12.9 Å². The first-order valence-corrected chi connectivity index (χ1v) is 3.65. The van der Waals surface area contributed by atoms with Gasteiger partial charge in [-0.2, -0.15) is 0 Å². The maximum atomic E-state index is 13.2. The molecule has 0 amide bonds. The third-order valence-corrected chi connectivity index (χ3v) is 1.85. The van der Waals surface area contributed by atoms with Crippen molar-refractivity contribution in [3.05, 3.63) is 29.1 Å². The summed E-state index contributed by atoms with van der Waals surface area (Å²) in [4.78, 5) is 0. The number of halogens is 1. The Morgan fingerprint density at radius 1 is 1.17 bits per heavy atom. The van der Waals surface area contributed by atoms with E-state index in [1.165, 1.54) is 0 Å². The van der Waals surface area contributed by atoms with Crippen LogP contribution in [0.3, 0.4) is 0 Å². The summed E-state index contributed by atoms with van der Waals surface area (Å²) >= 11 is 0. The standard InChI is InChI=1S/C8H10BFO2/c1-5-3-4-6(2)8(10)7(5)9(11)12/h3-4,11-12H,1-2H3. The lowest BCUT2D eigenvalue weighted by atomic mass is 9.76. The van der Waals surface area contributed by atoms with E-state index >= 15 is 0 Å². The summed E-state index contributed by atoms with van der Waals surface area (Å²) in [5, 5.41) is 17.7. The molecule has 0 aliphatic rings. The van der Waals surface area contributed by atoms with Crippen molar-refractivity contribution in [1.29, 1.82) is 0 Å². The van der Waals surface area contributed by atoms with Crippen molar-refractivity contribution in [1.82, 2.24) is 0 Å². The van der Waals surface area contributed by atoms with Gasteiger partial charge in [-0.15, -0.1) is 0 Å². The summed E-state index contributed by atoms with van der Waals surface area (Å²) in [5.74, 6) is -0.537. The Morgan fingerprint density at radius 2 is 1.67 bits per heavy atom. The minimum atomic E-state index is -1.73. The molecular weight excluding hydrogens is 158 g/mol. The van der Waals surface area contributed by atoms with Crippen LogP contribution in [0.5, 0.6) is 0 Å². The summed E-state index contributed by atoms with van der Waals surface area (Å²) < 4.78 is 13.2. The molecule has 64 valence electrons. The molecule has 0 unspecified atom stereocenters. The molecule has 0 spiro atoms. The van der Waals surface area contributed by atoms with Gasteiger partial charge in [-0.25, -0.2) is 4.39 Å². The molecule has 0 bridgehead atoms. The zero-order chi connectivity index (χ0) is 9.30. The topological polar surface area (TPSA) is 40.5 Å². The zero-order valence-corrected chi connectivity index (χ0v) is 7.00. The van der Waals surface area contributed by atoms with Crippen molar-refractivity contribution in [2.24, 2.45) is 0 Å². The van der Waals surface area contributed by atoms with E-state index in [0.29, 0.717) is 11.1 Å². The van der Waals surface area contributed by atoms with Crippen LogP contribution < -0.4 is 5.46 Å². The predicted octanol–water partition coefficient (Wildman–Crippen LogP) is 0.122. The van der Waals surface area contributed by atoms with Gasteiger partial charge in [-0.3, -0.25) is 0 Å². The van der Waals surface area contributed by atoms with Crippen molar-refractivity contribution in [2.75, 3.05) is 0 Å². The predicted molar refractivity (Wildman–Crippen MR) is 45.7 cm³/mol. The van der Waals surface area contributed by atoms with Crippen LogP contribution in [0.4, 0.5) is 4.39 Å². The van der Waals surface area contributed by atoms with Crippen molar-refractivity contribution >= 4 is 12.6 Å². The normalized spacial score (nSPS) is 10.1. The van der Waals surface area contributed by atoms with Crippen LogP contribution in [0.2, 0.25) is 0 Å². The Balaban J connectivity index is 3.33. The van der Waals surface area contributed by atoms with Gasteiger partial charge in [0.15, 0.2) is 0 Å². The Hall–Kier alpha value is -0.865. The van der Waals surface area contributed by atoms with Crippen LogP contribution in [0.15, 0.2) is 12.1 Å². The molecular formula is C8H10BFO2. The van der Waals surface area contributed by atoms with Crippen molar-refractivity contribution in [3.63, 3.8) is 0 Å². The van der Waals surface area contributed by atoms with Crippen LogP contribution in [0.1, 0.15) is 11.1 Å². The molecule has 1 rings (SSSR count). The van der Waals surface area contributed by atoms with Gasteiger partial charge < -0.3 is 10.0 Å². The molecule has 0 saturated heterocycles. The second-order valence-corrected chi connectivity index (χ2v) is 2.80. The Kier molecular flexibility index (Phi) is 2.50. The molecule has 0 aliphatic heterocycles. The summed E-state index contributed by atoms with van der Waals surface area (Å²) in [6.45, 7) is 3.22. The minimum Gasteiger partial charge on any atom is -0.423 e. The van der Waals surface area contributed by atoms with Crippen LogP contribution >= 0.6 is 0 Å². The highest BCUT2D eigenvalue weighted by atomic mass is 19.1. The summed E-state index contributed by atoms with van der Waals surface area (Å²) in [7, 11) is -1.73. The molecule has 0 radical (unpaired) electrons.